The molecule has 1 aromatic carbocycles. The van der Waals surface area contributed by atoms with Crippen molar-refractivity contribution in [2.45, 2.75) is 13.5 Å². The molecule has 6 heteroatoms. The second-order valence-electron chi connectivity index (χ2n) is 4.53. The minimum absolute atomic E-state index is 0.367. The second kappa shape index (κ2) is 5.93. The highest BCUT2D eigenvalue weighted by Gasteiger charge is 2.14. The van der Waals surface area contributed by atoms with Crippen LogP contribution < -0.4 is 5.32 Å². The summed E-state index contributed by atoms with van der Waals surface area (Å²) in [6, 6.07) is 13.4. The molecule has 21 heavy (non-hydrogen) atoms. The number of hydrogen-bond acceptors (Lipinski definition) is 5. The van der Waals surface area contributed by atoms with Gasteiger partial charge in [-0.3, -0.25) is 0 Å². The van der Waals surface area contributed by atoms with Gasteiger partial charge in [0.15, 0.2) is 5.15 Å². The van der Waals surface area contributed by atoms with E-state index in [0.29, 0.717) is 17.5 Å². The van der Waals surface area contributed by atoms with Gasteiger partial charge in [0.25, 0.3) is 0 Å². The molecule has 3 rings (SSSR count). The zero-order valence-electron chi connectivity index (χ0n) is 11.4. The first-order valence-corrected chi connectivity index (χ1v) is 6.85. The highest BCUT2D eigenvalue weighted by Crippen LogP contribution is 2.25. The van der Waals surface area contributed by atoms with E-state index in [9.17, 15) is 0 Å². The lowest BCUT2D eigenvalue weighted by atomic mass is 10.1. The van der Waals surface area contributed by atoms with Crippen LogP contribution in [0.15, 0.2) is 47.0 Å². The Morgan fingerprint density at radius 2 is 1.90 bits per heavy atom. The number of rotatable bonds is 4. The minimum Gasteiger partial charge on any atom is -0.364 e. The number of nitrogens with zero attached hydrogens (tertiary/aromatic N) is 3. The van der Waals surface area contributed by atoms with Crippen molar-refractivity contribution in [3.8, 4) is 11.3 Å². The number of aromatic nitrogens is 3. The predicted molar refractivity (Wildman–Crippen MR) is 81.0 cm³/mol. The van der Waals surface area contributed by atoms with Gasteiger partial charge < -0.3 is 9.84 Å². The molecule has 2 aromatic heterocycles. The molecule has 0 spiro atoms. The predicted octanol–water partition coefficient (Wildman–Crippen LogP) is 3.71. The van der Waals surface area contributed by atoms with Crippen LogP contribution in [0.25, 0.3) is 11.3 Å². The third kappa shape index (κ3) is 3.03. The summed E-state index contributed by atoms with van der Waals surface area (Å²) in [5, 5.41) is 15.5. The van der Waals surface area contributed by atoms with E-state index in [2.05, 4.69) is 20.7 Å². The normalized spacial score (nSPS) is 10.6. The Kier molecular flexibility index (Phi) is 3.83. The lowest BCUT2D eigenvalue weighted by Gasteiger charge is -2.05. The molecule has 0 atom stereocenters. The van der Waals surface area contributed by atoms with Crippen LogP contribution in [-0.4, -0.2) is 15.4 Å². The van der Waals surface area contributed by atoms with Crippen molar-refractivity contribution in [3.05, 3.63) is 58.9 Å². The number of benzene rings is 1. The molecule has 0 bridgehead atoms. The van der Waals surface area contributed by atoms with Gasteiger partial charge in [0.2, 0.25) is 0 Å². The highest BCUT2D eigenvalue weighted by molar-refractivity contribution is 6.29. The number of anilines is 1. The van der Waals surface area contributed by atoms with Crippen LogP contribution in [0.3, 0.4) is 0 Å². The zero-order valence-corrected chi connectivity index (χ0v) is 12.1. The van der Waals surface area contributed by atoms with Crippen LogP contribution in [0.1, 0.15) is 11.3 Å². The van der Waals surface area contributed by atoms with E-state index < -0.39 is 0 Å². The highest BCUT2D eigenvalue weighted by atomic mass is 35.5. The third-order valence-corrected chi connectivity index (χ3v) is 3.31. The van der Waals surface area contributed by atoms with Gasteiger partial charge in [0, 0.05) is 17.7 Å². The Balaban J connectivity index is 1.82. The Morgan fingerprint density at radius 1 is 1.10 bits per heavy atom. The lowest BCUT2D eigenvalue weighted by Crippen LogP contribution is -2.03. The van der Waals surface area contributed by atoms with Gasteiger partial charge in [-0.15, -0.1) is 10.2 Å². The fourth-order valence-electron chi connectivity index (χ4n) is 2.01. The van der Waals surface area contributed by atoms with Crippen LogP contribution in [0, 0.1) is 6.92 Å². The average molecular weight is 301 g/mol. The largest absolute Gasteiger partial charge is 0.364 e. The van der Waals surface area contributed by atoms with Gasteiger partial charge in [-0.2, -0.15) is 0 Å². The molecule has 0 aliphatic carbocycles. The number of aryl methyl sites for hydroxylation is 1. The van der Waals surface area contributed by atoms with Gasteiger partial charge in [0.1, 0.15) is 17.3 Å². The van der Waals surface area contributed by atoms with E-state index in [0.717, 1.165) is 22.6 Å². The van der Waals surface area contributed by atoms with Gasteiger partial charge in [-0.05, 0) is 19.1 Å². The summed E-state index contributed by atoms with van der Waals surface area (Å²) >= 11 is 5.72. The molecular formula is C15H13ClN4O. The monoisotopic (exact) mass is 300 g/mol. The topological polar surface area (TPSA) is 63.8 Å². The van der Waals surface area contributed by atoms with Crippen molar-refractivity contribution in [1.29, 1.82) is 0 Å². The summed E-state index contributed by atoms with van der Waals surface area (Å²) in [5.74, 6) is 1.43. The quantitative estimate of drug-likeness (QED) is 0.796. The molecule has 3 aromatic rings. The van der Waals surface area contributed by atoms with E-state index in [-0.39, 0.29) is 0 Å². The Morgan fingerprint density at radius 3 is 2.62 bits per heavy atom. The summed E-state index contributed by atoms with van der Waals surface area (Å²) in [6.45, 7) is 2.44. The van der Waals surface area contributed by atoms with E-state index in [4.69, 9.17) is 16.1 Å². The maximum absolute atomic E-state index is 5.72. The van der Waals surface area contributed by atoms with Crippen LogP contribution in [0.4, 0.5) is 5.82 Å². The molecule has 106 valence electrons. The first-order valence-electron chi connectivity index (χ1n) is 6.47. The van der Waals surface area contributed by atoms with E-state index in [1.807, 2.05) is 37.3 Å². The van der Waals surface area contributed by atoms with Gasteiger partial charge >= 0.3 is 0 Å². The SMILES string of the molecule is Cc1onc(-c2ccccc2)c1CNc1ccc(Cl)nn1. The van der Waals surface area contributed by atoms with Crippen molar-refractivity contribution in [1.82, 2.24) is 15.4 Å². The summed E-state index contributed by atoms with van der Waals surface area (Å²) in [6.07, 6.45) is 0. The molecule has 0 radical (unpaired) electrons. The summed E-state index contributed by atoms with van der Waals surface area (Å²) < 4.78 is 5.31. The first-order chi connectivity index (χ1) is 10.2. The van der Waals surface area contributed by atoms with Gasteiger partial charge in [-0.1, -0.05) is 47.1 Å². The van der Waals surface area contributed by atoms with Gasteiger partial charge in [0.05, 0.1) is 0 Å². The standard InChI is InChI=1S/C15H13ClN4O/c1-10-12(9-17-14-8-7-13(16)18-19-14)15(20-21-10)11-5-3-2-4-6-11/h2-8H,9H2,1H3,(H,17,19). The van der Waals surface area contributed by atoms with Crippen molar-refractivity contribution >= 4 is 17.4 Å². The number of hydrogen-bond donors (Lipinski definition) is 1. The van der Waals surface area contributed by atoms with Crippen LogP contribution >= 0.6 is 11.6 Å². The third-order valence-electron chi connectivity index (χ3n) is 3.11. The smallest absolute Gasteiger partial charge is 0.151 e. The van der Waals surface area contributed by atoms with Crippen molar-refractivity contribution in [3.63, 3.8) is 0 Å². The Bertz CT molecular complexity index is 725. The van der Waals surface area contributed by atoms with E-state index >= 15 is 0 Å². The maximum Gasteiger partial charge on any atom is 0.151 e. The molecule has 0 amide bonds. The molecule has 1 N–H and O–H groups in total. The summed E-state index contributed by atoms with van der Waals surface area (Å²) in [5.41, 5.74) is 2.86. The molecule has 0 saturated carbocycles. The fraction of sp³-hybridized carbons (Fsp3) is 0.133. The van der Waals surface area contributed by atoms with Crippen LogP contribution in [0.2, 0.25) is 5.15 Å². The molecule has 2 heterocycles. The molecule has 0 aliphatic rings. The second-order valence-corrected chi connectivity index (χ2v) is 4.91. The molecular weight excluding hydrogens is 288 g/mol. The molecule has 5 nitrogen and oxygen atoms in total. The number of nitrogens with one attached hydrogen (secondary N) is 1. The lowest BCUT2D eigenvalue weighted by molar-refractivity contribution is 0.398. The minimum atomic E-state index is 0.367. The summed E-state index contributed by atoms with van der Waals surface area (Å²) in [7, 11) is 0. The first kappa shape index (κ1) is 13.6. The average Bonchev–Trinajstić information content (AvgIpc) is 2.89. The van der Waals surface area contributed by atoms with Crippen molar-refractivity contribution < 1.29 is 4.52 Å². The van der Waals surface area contributed by atoms with E-state index in [1.54, 1.807) is 12.1 Å². The fourth-order valence-corrected chi connectivity index (χ4v) is 2.11. The van der Waals surface area contributed by atoms with Crippen molar-refractivity contribution in [2.24, 2.45) is 0 Å². The molecule has 0 unspecified atom stereocenters. The van der Waals surface area contributed by atoms with E-state index in [1.165, 1.54) is 0 Å². The van der Waals surface area contributed by atoms with Crippen LogP contribution in [0.5, 0.6) is 0 Å². The molecule has 0 aliphatic heterocycles. The van der Waals surface area contributed by atoms with Crippen LogP contribution in [-0.2, 0) is 6.54 Å². The summed E-state index contributed by atoms with van der Waals surface area (Å²) in [4.78, 5) is 0. The van der Waals surface area contributed by atoms with Crippen molar-refractivity contribution in [2.75, 3.05) is 5.32 Å². The Labute approximate surface area is 127 Å². The maximum atomic E-state index is 5.72. The number of halogens is 1. The zero-order chi connectivity index (χ0) is 14.7. The van der Waals surface area contributed by atoms with Gasteiger partial charge in [-0.25, -0.2) is 0 Å². The molecule has 0 fully saturated rings. The molecule has 0 saturated heterocycles. The Hall–Kier alpha value is -2.40.